The van der Waals surface area contributed by atoms with Crippen LogP contribution in [0.3, 0.4) is 0 Å². The van der Waals surface area contributed by atoms with Crippen LogP contribution in [-0.2, 0) is 0 Å². The fourth-order valence-corrected chi connectivity index (χ4v) is 2.06. The molecule has 1 heterocycles. The van der Waals surface area contributed by atoms with E-state index in [-0.39, 0.29) is 17.7 Å². The summed E-state index contributed by atoms with van der Waals surface area (Å²) in [6.07, 6.45) is 3.16. The number of nitrogens with two attached hydrogens (primary N) is 2. The molecule has 0 radical (unpaired) electrons. The van der Waals surface area contributed by atoms with Crippen LogP contribution in [0.25, 0.3) is 6.08 Å². The summed E-state index contributed by atoms with van der Waals surface area (Å²) in [5.41, 5.74) is 13.1. The Labute approximate surface area is 129 Å². The molecule has 2 rings (SSSR count). The minimum atomic E-state index is 0.107. The van der Waals surface area contributed by atoms with Crippen molar-refractivity contribution in [1.82, 2.24) is 9.97 Å². The number of nitrogen functional groups attached to an aromatic ring is 2. The summed E-state index contributed by atoms with van der Waals surface area (Å²) in [4.78, 5) is 7.80. The van der Waals surface area contributed by atoms with Gasteiger partial charge in [0.15, 0.2) is 11.6 Å². The van der Waals surface area contributed by atoms with Crippen LogP contribution >= 0.6 is 0 Å². The van der Waals surface area contributed by atoms with Crippen molar-refractivity contribution in [3.63, 3.8) is 0 Å². The normalized spacial score (nSPS) is 10.5. The minimum absolute atomic E-state index is 0.107. The molecule has 0 unspecified atom stereocenters. The Balaban J connectivity index is 2.50. The van der Waals surface area contributed by atoms with Crippen LogP contribution < -0.4 is 20.9 Å². The summed E-state index contributed by atoms with van der Waals surface area (Å²) in [7, 11) is 1.62. The highest BCUT2D eigenvalue weighted by Gasteiger charge is 2.15. The summed E-state index contributed by atoms with van der Waals surface area (Å²) in [5.74, 6) is 2.29. The number of rotatable bonds is 5. The van der Waals surface area contributed by atoms with Gasteiger partial charge in [0.05, 0.1) is 13.3 Å². The highest BCUT2D eigenvalue weighted by molar-refractivity contribution is 5.62. The van der Waals surface area contributed by atoms with Gasteiger partial charge >= 0.3 is 0 Å². The zero-order valence-electron chi connectivity index (χ0n) is 13.0. The van der Waals surface area contributed by atoms with Crippen LogP contribution in [-0.4, -0.2) is 17.1 Å². The molecule has 6 nitrogen and oxygen atoms in total. The fourth-order valence-electron chi connectivity index (χ4n) is 2.06. The molecular formula is C16H20N4O2. The van der Waals surface area contributed by atoms with Crippen molar-refractivity contribution >= 4 is 17.8 Å². The van der Waals surface area contributed by atoms with Crippen LogP contribution in [0, 0.1) is 0 Å². The van der Waals surface area contributed by atoms with Gasteiger partial charge in [-0.25, -0.2) is 4.98 Å². The zero-order valence-corrected chi connectivity index (χ0v) is 13.0. The van der Waals surface area contributed by atoms with Gasteiger partial charge in [-0.3, -0.25) is 0 Å². The Morgan fingerprint density at radius 1 is 1.18 bits per heavy atom. The number of ether oxygens (including phenoxy) is 2. The average molecular weight is 300 g/mol. The zero-order chi connectivity index (χ0) is 16.3. The van der Waals surface area contributed by atoms with E-state index in [1.54, 1.807) is 13.2 Å². The lowest BCUT2D eigenvalue weighted by Gasteiger charge is -2.17. The molecule has 6 heteroatoms. The molecule has 2 aromatic rings. The van der Waals surface area contributed by atoms with Crippen molar-refractivity contribution < 1.29 is 9.47 Å². The van der Waals surface area contributed by atoms with E-state index in [2.05, 4.69) is 30.4 Å². The van der Waals surface area contributed by atoms with E-state index in [4.69, 9.17) is 20.9 Å². The third-order valence-electron chi connectivity index (χ3n) is 3.23. The van der Waals surface area contributed by atoms with E-state index in [1.807, 2.05) is 12.1 Å². The molecule has 0 aliphatic carbocycles. The summed E-state index contributed by atoms with van der Waals surface area (Å²) in [6, 6.07) is 3.79. The number of aromatic nitrogens is 2. The Kier molecular flexibility index (Phi) is 4.50. The molecule has 22 heavy (non-hydrogen) atoms. The molecule has 0 saturated carbocycles. The molecule has 0 atom stereocenters. The summed E-state index contributed by atoms with van der Waals surface area (Å²) >= 11 is 0. The van der Waals surface area contributed by atoms with Gasteiger partial charge in [-0.1, -0.05) is 26.5 Å². The number of hydrogen-bond donors (Lipinski definition) is 2. The van der Waals surface area contributed by atoms with Gasteiger partial charge in [0.1, 0.15) is 11.5 Å². The average Bonchev–Trinajstić information content (AvgIpc) is 2.49. The van der Waals surface area contributed by atoms with Crippen LogP contribution in [0.4, 0.5) is 11.8 Å². The number of benzene rings is 1. The number of anilines is 2. The van der Waals surface area contributed by atoms with Gasteiger partial charge in [-0.2, -0.15) is 4.98 Å². The second-order valence-electron chi connectivity index (χ2n) is 5.07. The smallest absolute Gasteiger partial charge is 0.222 e. The predicted octanol–water partition coefficient (Wildman–Crippen LogP) is 3.21. The second-order valence-corrected chi connectivity index (χ2v) is 5.07. The first-order chi connectivity index (χ1) is 10.5. The van der Waals surface area contributed by atoms with Crippen molar-refractivity contribution in [2.75, 3.05) is 18.6 Å². The SMILES string of the molecule is C=Cc1cc(Oc2cnc(N)nc2N)c(C(C)C)cc1OC. The molecule has 0 aliphatic rings. The number of hydrogen-bond acceptors (Lipinski definition) is 6. The second kappa shape index (κ2) is 6.34. The first-order valence-electron chi connectivity index (χ1n) is 6.86. The summed E-state index contributed by atoms with van der Waals surface area (Å²) in [6.45, 7) is 7.92. The summed E-state index contributed by atoms with van der Waals surface area (Å²) in [5, 5.41) is 0. The van der Waals surface area contributed by atoms with Crippen LogP contribution in [0.1, 0.15) is 30.9 Å². The highest BCUT2D eigenvalue weighted by atomic mass is 16.5. The standard InChI is InChI=1S/C16H20N4O2/c1-5-10-6-13(11(9(2)3)7-12(10)21-4)22-14-8-19-16(18)20-15(14)17/h5-9H,1H2,2-4H3,(H4,17,18,19,20). The van der Waals surface area contributed by atoms with E-state index in [0.717, 1.165) is 16.9 Å². The molecule has 0 amide bonds. The van der Waals surface area contributed by atoms with Gasteiger partial charge in [-0.15, -0.1) is 0 Å². The third kappa shape index (κ3) is 3.11. The van der Waals surface area contributed by atoms with E-state index in [0.29, 0.717) is 11.5 Å². The monoisotopic (exact) mass is 300 g/mol. The third-order valence-corrected chi connectivity index (χ3v) is 3.23. The van der Waals surface area contributed by atoms with Gasteiger partial charge in [0, 0.05) is 11.1 Å². The van der Waals surface area contributed by atoms with E-state index in [1.165, 1.54) is 6.20 Å². The van der Waals surface area contributed by atoms with Crippen molar-refractivity contribution in [2.24, 2.45) is 0 Å². The maximum atomic E-state index is 5.89. The van der Waals surface area contributed by atoms with Gasteiger partial charge in [0.2, 0.25) is 5.95 Å². The first kappa shape index (κ1) is 15.6. The Morgan fingerprint density at radius 3 is 2.45 bits per heavy atom. The van der Waals surface area contributed by atoms with Crippen molar-refractivity contribution in [1.29, 1.82) is 0 Å². The van der Waals surface area contributed by atoms with Crippen molar-refractivity contribution in [2.45, 2.75) is 19.8 Å². The topological polar surface area (TPSA) is 96.3 Å². The van der Waals surface area contributed by atoms with Gasteiger partial charge in [0.25, 0.3) is 0 Å². The lowest BCUT2D eigenvalue weighted by Crippen LogP contribution is -2.03. The Hall–Kier alpha value is -2.76. The molecule has 1 aromatic carbocycles. The Bertz CT molecular complexity index is 699. The largest absolute Gasteiger partial charge is 0.496 e. The molecule has 0 spiro atoms. The van der Waals surface area contributed by atoms with Crippen molar-refractivity contribution in [3.8, 4) is 17.2 Å². The molecule has 4 N–H and O–H groups in total. The Morgan fingerprint density at radius 2 is 1.91 bits per heavy atom. The van der Waals surface area contributed by atoms with Crippen molar-refractivity contribution in [3.05, 3.63) is 36.0 Å². The molecule has 0 saturated heterocycles. The molecule has 0 fully saturated rings. The molecule has 0 bridgehead atoms. The maximum Gasteiger partial charge on any atom is 0.222 e. The maximum absolute atomic E-state index is 5.89. The summed E-state index contributed by atoms with van der Waals surface area (Å²) < 4.78 is 11.3. The number of methoxy groups -OCH3 is 1. The lowest BCUT2D eigenvalue weighted by molar-refractivity contribution is 0.410. The highest BCUT2D eigenvalue weighted by Crippen LogP contribution is 2.37. The van der Waals surface area contributed by atoms with E-state index < -0.39 is 0 Å². The quantitative estimate of drug-likeness (QED) is 0.880. The van der Waals surface area contributed by atoms with Gasteiger partial charge < -0.3 is 20.9 Å². The molecular weight excluding hydrogens is 280 g/mol. The molecule has 116 valence electrons. The van der Waals surface area contributed by atoms with Crippen LogP contribution in [0.5, 0.6) is 17.2 Å². The van der Waals surface area contributed by atoms with E-state index in [9.17, 15) is 0 Å². The van der Waals surface area contributed by atoms with Crippen LogP contribution in [0.15, 0.2) is 24.9 Å². The fraction of sp³-hybridized carbons (Fsp3) is 0.250. The van der Waals surface area contributed by atoms with Gasteiger partial charge in [-0.05, 0) is 18.1 Å². The first-order valence-corrected chi connectivity index (χ1v) is 6.86. The number of nitrogens with zero attached hydrogens (tertiary/aromatic N) is 2. The lowest BCUT2D eigenvalue weighted by atomic mass is 9.99. The molecule has 1 aromatic heterocycles. The van der Waals surface area contributed by atoms with Crippen LogP contribution in [0.2, 0.25) is 0 Å². The minimum Gasteiger partial charge on any atom is -0.496 e. The molecule has 0 aliphatic heterocycles. The predicted molar refractivity (Wildman–Crippen MR) is 88.1 cm³/mol. The van der Waals surface area contributed by atoms with E-state index >= 15 is 0 Å².